The summed E-state index contributed by atoms with van der Waals surface area (Å²) >= 11 is 1.34. The molecule has 0 saturated heterocycles. The maximum atomic E-state index is 13.7. The number of thiophene rings is 1. The molecule has 0 aliphatic heterocycles. The summed E-state index contributed by atoms with van der Waals surface area (Å²) in [7, 11) is 0. The second kappa shape index (κ2) is 9.07. The number of hydrogen-bond donors (Lipinski definition) is 0. The first-order chi connectivity index (χ1) is 16.5. The molecule has 5 aromatic rings. The normalized spacial score (nSPS) is 12.1. The molecule has 0 aliphatic carbocycles. The van der Waals surface area contributed by atoms with E-state index >= 15 is 0 Å². The molecular formula is C26H20FN3O3S. The molecule has 3 heterocycles. The van der Waals surface area contributed by atoms with Crippen LogP contribution in [0.1, 0.15) is 34.2 Å². The number of para-hydroxylation sites is 1. The summed E-state index contributed by atoms with van der Waals surface area (Å²) in [5.74, 6) is 0.361. The Kier molecular flexibility index (Phi) is 5.81. The molecule has 170 valence electrons. The molecule has 2 aromatic carbocycles. The van der Waals surface area contributed by atoms with Crippen LogP contribution in [-0.2, 0) is 6.54 Å². The van der Waals surface area contributed by atoms with Gasteiger partial charge < -0.3 is 9.32 Å². The first-order valence-corrected chi connectivity index (χ1v) is 11.6. The van der Waals surface area contributed by atoms with E-state index in [2.05, 4.69) is 0 Å². The van der Waals surface area contributed by atoms with Gasteiger partial charge in [-0.2, -0.15) is 0 Å². The Bertz CT molecular complexity index is 1490. The number of nitrogens with zero attached hydrogens (tertiary/aromatic N) is 3. The summed E-state index contributed by atoms with van der Waals surface area (Å²) in [5, 5.41) is 2.27. The van der Waals surface area contributed by atoms with Gasteiger partial charge in [0.15, 0.2) is 0 Å². The van der Waals surface area contributed by atoms with Crippen LogP contribution >= 0.6 is 11.3 Å². The second-order valence-corrected chi connectivity index (χ2v) is 8.72. The van der Waals surface area contributed by atoms with Gasteiger partial charge in [-0.1, -0.05) is 18.2 Å². The van der Waals surface area contributed by atoms with E-state index in [4.69, 9.17) is 9.40 Å². The average Bonchev–Trinajstić information content (AvgIpc) is 3.57. The van der Waals surface area contributed by atoms with E-state index in [1.807, 2.05) is 24.4 Å². The van der Waals surface area contributed by atoms with Gasteiger partial charge in [0.2, 0.25) is 0 Å². The number of hydrogen-bond acceptors (Lipinski definition) is 5. The third-order valence-electron chi connectivity index (χ3n) is 5.63. The third-order valence-corrected chi connectivity index (χ3v) is 6.48. The van der Waals surface area contributed by atoms with Crippen molar-refractivity contribution in [3.8, 4) is 5.69 Å². The summed E-state index contributed by atoms with van der Waals surface area (Å²) in [6, 6.07) is 19.2. The Morgan fingerprint density at radius 2 is 1.88 bits per heavy atom. The lowest BCUT2D eigenvalue weighted by molar-refractivity contribution is 0.0653. The van der Waals surface area contributed by atoms with Gasteiger partial charge in [0.1, 0.15) is 17.4 Å². The average molecular weight is 474 g/mol. The molecule has 0 fully saturated rings. The molecule has 1 unspecified atom stereocenters. The van der Waals surface area contributed by atoms with Crippen LogP contribution in [0.15, 0.2) is 93.7 Å². The molecule has 0 bridgehead atoms. The molecule has 3 aromatic heterocycles. The van der Waals surface area contributed by atoms with Gasteiger partial charge in [-0.3, -0.25) is 14.2 Å². The Hall–Kier alpha value is -4.04. The first kappa shape index (κ1) is 21.8. The highest BCUT2D eigenvalue weighted by atomic mass is 32.1. The lowest BCUT2D eigenvalue weighted by Gasteiger charge is -2.29. The minimum absolute atomic E-state index is 0.191. The van der Waals surface area contributed by atoms with E-state index in [9.17, 15) is 14.0 Å². The fraction of sp³-hybridized carbons (Fsp3) is 0.115. The van der Waals surface area contributed by atoms with E-state index in [0.29, 0.717) is 33.1 Å². The van der Waals surface area contributed by atoms with Crippen molar-refractivity contribution in [1.82, 2.24) is 14.5 Å². The van der Waals surface area contributed by atoms with Crippen molar-refractivity contribution >= 4 is 28.1 Å². The molecule has 34 heavy (non-hydrogen) atoms. The number of amides is 1. The van der Waals surface area contributed by atoms with E-state index in [-0.39, 0.29) is 18.0 Å². The molecule has 0 saturated carbocycles. The van der Waals surface area contributed by atoms with Gasteiger partial charge in [0.05, 0.1) is 40.3 Å². The second-order valence-electron chi connectivity index (χ2n) is 7.77. The maximum Gasteiger partial charge on any atom is 0.266 e. The smallest absolute Gasteiger partial charge is 0.266 e. The van der Waals surface area contributed by atoms with Crippen molar-refractivity contribution in [3.05, 3.63) is 117 Å². The van der Waals surface area contributed by atoms with Crippen molar-refractivity contribution < 1.29 is 13.6 Å². The summed E-state index contributed by atoms with van der Waals surface area (Å²) < 4.78 is 20.6. The minimum Gasteiger partial charge on any atom is -0.467 e. The van der Waals surface area contributed by atoms with Crippen LogP contribution in [0.2, 0.25) is 0 Å². The molecule has 0 radical (unpaired) electrons. The highest BCUT2D eigenvalue weighted by molar-refractivity contribution is 7.12. The number of carbonyl (C=O) groups is 1. The Labute approximate surface area is 198 Å². The molecule has 5 rings (SSSR count). The maximum absolute atomic E-state index is 13.7. The molecule has 8 heteroatoms. The van der Waals surface area contributed by atoms with Crippen LogP contribution in [-0.4, -0.2) is 20.4 Å². The van der Waals surface area contributed by atoms with Gasteiger partial charge in [-0.25, -0.2) is 9.37 Å². The Morgan fingerprint density at radius 3 is 2.59 bits per heavy atom. The van der Waals surface area contributed by atoms with Crippen LogP contribution in [0.25, 0.3) is 16.6 Å². The Morgan fingerprint density at radius 1 is 1.09 bits per heavy atom. The van der Waals surface area contributed by atoms with Gasteiger partial charge in [0, 0.05) is 0 Å². The van der Waals surface area contributed by atoms with E-state index in [0.717, 1.165) is 0 Å². The van der Waals surface area contributed by atoms with E-state index < -0.39 is 11.9 Å². The molecule has 1 amide bonds. The molecular weight excluding hydrogens is 453 g/mol. The number of carbonyl (C=O) groups excluding carboxylic acids is 1. The van der Waals surface area contributed by atoms with E-state index in [1.54, 1.807) is 47.6 Å². The highest BCUT2D eigenvalue weighted by Crippen LogP contribution is 2.27. The van der Waals surface area contributed by atoms with Crippen LogP contribution in [0.4, 0.5) is 4.39 Å². The van der Waals surface area contributed by atoms with Crippen LogP contribution in [0.5, 0.6) is 0 Å². The van der Waals surface area contributed by atoms with Gasteiger partial charge in [0.25, 0.3) is 11.5 Å². The standard InChI is InChI=1S/C26H20FN3O3S/c1-17(29(16-20-6-4-14-33-20)26(32)23-9-5-15-34-23)24-28-22-8-3-2-7-21(22)25(31)30(24)19-12-10-18(27)11-13-19/h2-15,17H,16H2,1H3. The van der Waals surface area contributed by atoms with Crippen molar-refractivity contribution in [1.29, 1.82) is 0 Å². The number of furan rings is 1. The zero-order chi connectivity index (χ0) is 23.7. The molecule has 0 spiro atoms. The number of benzene rings is 2. The summed E-state index contributed by atoms with van der Waals surface area (Å²) in [5.41, 5.74) is 0.697. The first-order valence-electron chi connectivity index (χ1n) is 10.7. The monoisotopic (exact) mass is 473 g/mol. The number of fused-ring (bicyclic) bond motifs is 1. The van der Waals surface area contributed by atoms with Crippen LogP contribution in [0.3, 0.4) is 0 Å². The van der Waals surface area contributed by atoms with Crippen LogP contribution in [0, 0.1) is 5.82 Å². The van der Waals surface area contributed by atoms with Gasteiger partial charge in [-0.15, -0.1) is 11.3 Å². The third kappa shape index (κ3) is 4.04. The fourth-order valence-corrected chi connectivity index (χ4v) is 4.58. The van der Waals surface area contributed by atoms with Crippen LogP contribution < -0.4 is 5.56 Å². The zero-order valence-electron chi connectivity index (χ0n) is 18.2. The molecule has 1 atom stereocenters. The highest BCUT2D eigenvalue weighted by Gasteiger charge is 2.29. The lowest BCUT2D eigenvalue weighted by atomic mass is 10.1. The van der Waals surface area contributed by atoms with Crippen molar-refractivity contribution in [2.75, 3.05) is 0 Å². The van der Waals surface area contributed by atoms with Crippen molar-refractivity contribution in [3.63, 3.8) is 0 Å². The van der Waals surface area contributed by atoms with Gasteiger partial charge >= 0.3 is 0 Å². The SMILES string of the molecule is CC(c1nc2ccccc2c(=O)n1-c1ccc(F)cc1)N(Cc1ccco1)C(=O)c1cccs1. The van der Waals surface area contributed by atoms with Gasteiger partial charge in [-0.05, 0) is 66.9 Å². The lowest BCUT2D eigenvalue weighted by Crippen LogP contribution is -2.36. The summed E-state index contributed by atoms with van der Waals surface area (Å²) in [4.78, 5) is 34.1. The topological polar surface area (TPSA) is 68.3 Å². The number of rotatable bonds is 6. The van der Waals surface area contributed by atoms with Crippen molar-refractivity contribution in [2.24, 2.45) is 0 Å². The Balaban J connectivity index is 1.70. The molecule has 6 nitrogen and oxygen atoms in total. The predicted molar refractivity (Wildman–Crippen MR) is 129 cm³/mol. The number of aromatic nitrogens is 2. The quantitative estimate of drug-likeness (QED) is 0.323. The minimum atomic E-state index is -0.609. The summed E-state index contributed by atoms with van der Waals surface area (Å²) in [6.07, 6.45) is 1.55. The fourth-order valence-electron chi connectivity index (χ4n) is 3.91. The number of halogens is 1. The predicted octanol–water partition coefficient (Wildman–Crippen LogP) is 5.58. The zero-order valence-corrected chi connectivity index (χ0v) is 19.0. The molecule has 0 aliphatic rings. The molecule has 0 N–H and O–H groups in total. The van der Waals surface area contributed by atoms with Crippen molar-refractivity contribution in [2.45, 2.75) is 19.5 Å². The van der Waals surface area contributed by atoms with E-state index in [1.165, 1.54) is 40.2 Å². The largest absolute Gasteiger partial charge is 0.467 e. The summed E-state index contributed by atoms with van der Waals surface area (Å²) in [6.45, 7) is 2.02.